The maximum atomic E-state index is 13.7. The van der Waals surface area contributed by atoms with Crippen LogP contribution in [0.3, 0.4) is 0 Å². The average Bonchev–Trinajstić information content (AvgIpc) is 0.714. The summed E-state index contributed by atoms with van der Waals surface area (Å²) in [5, 5.41) is 0. The van der Waals surface area contributed by atoms with Gasteiger partial charge < -0.3 is 14.2 Å². The molecule has 0 fully saturated rings. The van der Waals surface area contributed by atoms with E-state index in [1.165, 1.54) is 170 Å². The van der Waals surface area contributed by atoms with Gasteiger partial charge in [-0.3, -0.25) is 4.79 Å². The van der Waals surface area contributed by atoms with Gasteiger partial charge in [-0.15, -0.1) is 0 Å². The molecule has 0 aliphatic heterocycles. The number of benzene rings is 17. The second-order valence-electron chi connectivity index (χ2n) is 36.7. The van der Waals surface area contributed by atoms with E-state index < -0.39 is 40.6 Å². The zero-order valence-electron chi connectivity index (χ0n) is 86.7. The molecule has 0 aliphatic carbocycles. The largest absolute Gasteiger partial charge is 0.497 e. The number of carbonyl (C=O) groups is 1. The topological polar surface area (TPSA) is 44.8 Å². The van der Waals surface area contributed by atoms with E-state index in [4.69, 9.17) is 9.47 Å². The molecule has 0 heterocycles. The van der Waals surface area contributed by atoms with Crippen molar-refractivity contribution in [3.8, 4) is 84.0 Å². The Balaban J connectivity index is 0.000000254. The summed E-state index contributed by atoms with van der Waals surface area (Å²) in [7, 11) is 4.86. The fourth-order valence-electron chi connectivity index (χ4n) is 16.3. The maximum Gasteiger partial charge on any atom is 0.416 e. The molecular formula is C132H139ArF9O4. The van der Waals surface area contributed by atoms with Crippen LogP contribution in [0, 0.1) is 176 Å². The number of ketones is 1. The zero-order chi connectivity index (χ0) is 105. The first-order valence-corrected chi connectivity index (χ1v) is 47.5. The minimum absolute atomic E-state index is 0. The van der Waals surface area contributed by atoms with E-state index in [1.807, 2.05) is 106 Å². The molecule has 0 bridgehead atoms. The van der Waals surface area contributed by atoms with Gasteiger partial charge in [0.1, 0.15) is 17.2 Å². The van der Waals surface area contributed by atoms with Crippen LogP contribution in [0.15, 0.2) is 376 Å². The third-order valence-electron chi connectivity index (χ3n) is 24.0. The number of para-hydroxylation sites is 1. The number of hydrogen-bond acceptors (Lipinski definition) is 4. The number of halogens is 9. The fraction of sp³-hybridized carbons (Fsp3) is 0.220. The molecule has 0 saturated carbocycles. The molecule has 0 amide bonds. The summed E-state index contributed by atoms with van der Waals surface area (Å²) in [6, 6.07) is 119. The van der Waals surface area contributed by atoms with Gasteiger partial charge in [0.05, 0.1) is 12.7 Å². The van der Waals surface area contributed by atoms with E-state index in [-0.39, 0.29) is 58.4 Å². The molecule has 17 rings (SSSR count). The van der Waals surface area contributed by atoms with Gasteiger partial charge in [-0.2, -0.15) is 39.5 Å². The maximum absolute atomic E-state index is 13.7. The number of aryl methyl sites for hydroxylation is 20. The van der Waals surface area contributed by atoms with Crippen molar-refractivity contribution in [2.75, 3.05) is 21.3 Å². The van der Waals surface area contributed by atoms with Crippen LogP contribution in [-0.2, 0) is 16.3 Å². The predicted octanol–water partition coefficient (Wildman–Crippen LogP) is 38.7. The van der Waals surface area contributed by atoms with Gasteiger partial charge in [0.25, 0.3) is 0 Å². The van der Waals surface area contributed by atoms with Crippen molar-refractivity contribution in [1.29, 1.82) is 0 Å². The van der Waals surface area contributed by atoms with E-state index >= 15 is 0 Å². The number of alkyl halides is 9. The second-order valence-corrected chi connectivity index (χ2v) is 36.7. The van der Waals surface area contributed by atoms with Gasteiger partial charge in [-0.1, -0.05) is 403 Å². The molecule has 14 heteroatoms. The van der Waals surface area contributed by atoms with Gasteiger partial charge in [0.15, 0.2) is 5.78 Å². The number of rotatable bonds is 13. The van der Waals surface area contributed by atoms with E-state index in [1.54, 1.807) is 72.4 Å². The molecule has 0 unspecified atom stereocenters. The van der Waals surface area contributed by atoms with E-state index in [2.05, 4.69) is 302 Å². The molecule has 0 saturated heterocycles. The molecule has 146 heavy (non-hydrogen) atoms. The van der Waals surface area contributed by atoms with Crippen LogP contribution < -0.4 is 9.47 Å². The van der Waals surface area contributed by atoms with Crippen LogP contribution in [-0.4, -0.2) is 39.5 Å². The van der Waals surface area contributed by atoms with E-state index in [9.17, 15) is 44.3 Å². The molecule has 0 N–H and O–H groups in total. The Labute approximate surface area is 892 Å². The van der Waals surface area contributed by atoms with E-state index in [0.717, 1.165) is 63.8 Å². The van der Waals surface area contributed by atoms with Gasteiger partial charge in [-0.05, 0) is 316 Å². The third-order valence-corrected chi connectivity index (χ3v) is 24.0. The normalized spacial score (nSPS) is 10.6. The quantitative estimate of drug-likeness (QED) is 0.0852. The average molecular weight is 2000 g/mol. The first-order valence-electron chi connectivity index (χ1n) is 47.5. The fourth-order valence-corrected chi connectivity index (χ4v) is 16.3. The van der Waals surface area contributed by atoms with Crippen LogP contribution in [0.2, 0.25) is 0 Å². The molecule has 0 atom stereocenters. The number of ether oxygens (including phenoxy) is 3. The van der Waals surface area contributed by atoms with E-state index in [0.29, 0.717) is 33.4 Å². The van der Waals surface area contributed by atoms with Gasteiger partial charge in [0.2, 0.25) is 5.41 Å². The third kappa shape index (κ3) is 35.5. The molecule has 4 nitrogen and oxygen atoms in total. The first-order chi connectivity index (χ1) is 67.8. The summed E-state index contributed by atoms with van der Waals surface area (Å²) in [6.07, 6.45) is -15.4. The zero-order valence-corrected chi connectivity index (χ0v) is 87.4. The predicted molar refractivity (Wildman–Crippen MR) is 593 cm³/mol. The molecule has 0 radical (unpaired) electrons. The van der Waals surface area contributed by atoms with Crippen molar-refractivity contribution in [3.05, 3.63) is 515 Å². The first kappa shape index (κ1) is 121. The minimum atomic E-state index is -5.53. The standard InChI is InChI=1S/C20H18O.C17H14F6.C16H15F3.C16H18.C15H14O2.2C15H16.C14H14.C2H6O.2CH4.Ar/c1-15-8-9-16(2)20(14-15)17-10-12-19(13-11-17)21-18-6-4-3-5-7-18;1-11-3-7-13(8-4-11)15(16(18,19)20,17(21,22)23)14-9-5-12(2)6-10-14;1-10-4-5-12(3)15(8-10)13-6-11(2)7-14(9-13)16(17,18)19;1-11-5-6-14(4)16(10-11)15-8-12(2)7-13(3)9-15;1-11-3-5-12(6-4-11)15(16)13-7-9-14(17-2)10-8-13;2*1-11-5-4-6-14(9-11)15-10-12(2)7-8-13(15)3;1-11-8-9-12(2)14(10-11)13-6-4-3-5-7-13;1-3-2;;;/h3-14H,1-2H3;3-10H,1-2H3;4-9H,1-3H3;5-10H,1-4H3;3-10H,1-2H3;2*4-10H,1-3H3;3-10H,1-2H3;1-2H3;2*1H4;. The Hall–Kier alpha value is -13.4. The van der Waals surface area contributed by atoms with Crippen LogP contribution >= 0.6 is 0 Å². The molecule has 0 spiro atoms. The van der Waals surface area contributed by atoms with Crippen LogP contribution in [0.5, 0.6) is 17.2 Å². The molecule has 0 aliphatic rings. The Kier molecular flexibility index (Phi) is 47.3. The summed E-state index contributed by atoms with van der Waals surface area (Å²) in [6.45, 7) is 40.8. The smallest absolute Gasteiger partial charge is 0.416 e. The SMILES string of the molecule is C.C.COC.COc1ccc(C(=O)c2ccc(C)cc2)cc1.Cc1cc(-c2cc(C)ccc2C)cc(C(F)(F)F)c1.Cc1cc(C)cc(-c2cc(C)ccc2C)c1.Cc1ccc(C(c2ccc(C)cc2)(C(F)(F)F)C(F)(F)F)cc1.Cc1ccc(C)c(-c2ccc(Oc3ccccc3)cc2)c1.Cc1ccc(C)c(-c2ccccc2)c1.Cc1cccc(-c2cc(C)ccc2C)c1.Cc1cccc(-c2cc(C)ccc2C)c1.[Ar]. The molecule has 0 aromatic heterocycles. The summed E-state index contributed by atoms with van der Waals surface area (Å²) in [4.78, 5) is 12.1. The van der Waals surface area contributed by atoms with Crippen molar-refractivity contribution in [1.82, 2.24) is 0 Å². The van der Waals surface area contributed by atoms with Gasteiger partial charge >= 0.3 is 18.5 Å². The molecule has 17 aromatic carbocycles. The second kappa shape index (κ2) is 56.9. The van der Waals surface area contributed by atoms with Gasteiger partial charge in [-0.25, -0.2) is 0 Å². The van der Waals surface area contributed by atoms with Crippen LogP contribution in [0.25, 0.3) is 66.8 Å². The van der Waals surface area contributed by atoms with Crippen LogP contribution in [0.1, 0.15) is 159 Å². The van der Waals surface area contributed by atoms with Gasteiger partial charge in [0, 0.05) is 63.1 Å². The summed E-state index contributed by atoms with van der Waals surface area (Å²) >= 11 is 0. The Bertz CT molecular complexity index is 6810. The molecule has 762 valence electrons. The monoisotopic (exact) mass is 2000 g/mol. The van der Waals surface area contributed by atoms with Crippen molar-refractivity contribution < 1.29 is 96.3 Å². The number of carbonyl (C=O) groups excluding carboxylic acids is 1. The summed E-state index contributed by atoms with van der Waals surface area (Å²) in [5.41, 5.74) is 33.1. The number of methoxy groups -OCH3 is 2. The Morgan fingerprint density at radius 3 is 0.774 bits per heavy atom. The molecule has 17 aromatic rings. The minimum Gasteiger partial charge on any atom is -0.497 e. The summed E-state index contributed by atoms with van der Waals surface area (Å²) in [5.74, 6) is 2.50. The number of hydrogen-bond donors (Lipinski definition) is 0. The van der Waals surface area contributed by atoms with Crippen molar-refractivity contribution in [2.24, 2.45) is 0 Å². The molecular weight excluding hydrogens is 1860 g/mol. The van der Waals surface area contributed by atoms with Crippen molar-refractivity contribution in [3.63, 3.8) is 0 Å². The van der Waals surface area contributed by atoms with Crippen LogP contribution in [0.4, 0.5) is 39.5 Å². The Morgan fingerprint density at radius 2 is 0.459 bits per heavy atom. The Morgan fingerprint density at radius 1 is 0.212 bits per heavy atom. The summed E-state index contributed by atoms with van der Waals surface area (Å²) < 4.78 is 136. The van der Waals surface area contributed by atoms with Crippen molar-refractivity contribution >= 4 is 5.78 Å². The van der Waals surface area contributed by atoms with Crippen molar-refractivity contribution in [2.45, 2.75) is 177 Å².